The first-order valence-electron chi connectivity index (χ1n) is 10.6. The van der Waals surface area contributed by atoms with Crippen LogP contribution in [-0.2, 0) is 4.79 Å². The van der Waals surface area contributed by atoms with Crippen LogP contribution in [0.15, 0.2) is 40.9 Å². The number of ketones is 2. The molecule has 0 radical (unpaired) electrons. The summed E-state index contributed by atoms with van der Waals surface area (Å²) in [4.78, 5) is 24.1. The standard InChI is InChI=1S/C24H15BrCl3F9O2/c25-16-7-11(2-5-15(22(29,30)31)12-8-17(26)21(28)18(27)9-12)1-4-14(16)19(39)6-3-13(38)10-20(23(32,33)34)24(35,36)37/h1-2,4-5,7-9,15,20H,3,6,10H2/b5-2+. The van der Waals surface area contributed by atoms with Crippen molar-refractivity contribution in [2.75, 3.05) is 0 Å². The number of allylic oxidation sites excluding steroid dienone is 1. The van der Waals surface area contributed by atoms with Crippen molar-refractivity contribution < 1.29 is 49.1 Å². The molecule has 1 unspecified atom stereocenters. The third-order valence-electron chi connectivity index (χ3n) is 5.35. The zero-order valence-corrected chi connectivity index (χ0v) is 22.9. The molecule has 1 atom stereocenters. The van der Waals surface area contributed by atoms with Crippen LogP contribution >= 0.6 is 50.7 Å². The van der Waals surface area contributed by atoms with Gasteiger partial charge in [-0.25, -0.2) is 0 Å². The Bertz CT molecular complexity index is 1220. The molecule has 214 valence electrons. The second-order valence-corrected chi connectivity index (χ2v) is 10.3. The fourth-order valence-corrected chi connectivity index (χ4v) is 4.60. The zero-order chi connectivity index (χ0) is 29.9. The van der Waals surface area contributed by atoms with E-state index in [0.717, 1.165) is 24.3 Å². The maximum atomic E-state index is 13.7. The van der Waals surface area contributed by atoms with Gasteiger partial charge >= 0.3 is 18.5 Å². The molecule has 0 N–H and O–H groups in total. The van der Waals surface area contributed by atoms with E-state index in [4.69, 9.17) is 34.8 Å². The summed E-state index contributed by atoms with van der Waals surface area (Å²) in [6.07, 6.45) is -17.6. The molecule has 0 saturated carbocycles. The molecule has 0 fully saturated rings. The number of hydrogen-bond acceptors (Lipinski definition) is 2. The van der Waals surface area contributed by atoms with Gasteiger partial charge in [0.05, 0.1) is 21.0 Å². The Kier molecular flexibility index (Phi) is 11.0. The van der Waals surface area contributed by atoms with Gasteiger partial charge < -0.3 is 0 Å². The maximum absolute atomic E-state index is 13.7. The normalized spacial score (nSPS) is 13.8. The summed E-state index contributed by atoms with van der Waals surface area (Å²) in [7, 11) is 0. The molecule has 0 amide bonds. The van der Waals surface area contributed by atoms with Crippen molar-refractivity contribution in [1.29, 1.82) is 0 Å². The van der Waals surface area contributed by atoms with E-state index in [1.54, 1.807) is 0 Å². The molecule has 2 aromatic carbocycles. The van der Waals surface area contributed by atoms with E-state index in [1.807, 2.05) is 0 Å². The average molecular weight is 693 g/mol. The van der Waals surface area contributed by atoms with Gasteiger partial charge in [0.1, 0.15) is 5.78 Å². The third-order valence-corrected chi connectivity index (χ3v) is 7.20. The minimum atomic E-state index is -5.68. The highest BCUT2D eigenvalue weighted by Gasteiger charge is 2.57. The molecule has 2 nitrogen and oxygen atoms in total. The largest absolute Gasteiger partial charge is 0.400 e. The molecule has 2 aromatic rings. The molecule has 0 bridgehead atoms. The minimum absolute atomic E-state index is 0.0756. The predicted octanol–water partition coefficient (Wildman–Crippen LogP) is 10.4. The molecular formula is C24H15BrCl3F9O2. The lowest BCUT2D eigenvalue weighted by Gasteiger charge is -2.22. The van der Waals surface area contributed by atoms with E-state index in [1.165, 1.54) is 18.2 Å². The Morgan fingerprint density at radius 3 is 1.82 bits per heavy atom. The second-order valence-electron chi connectivity index (χ2n) is 8.22. The highest BCUT2D eigenvalue weighted by Crippen LogP contribution is 2.42. The Labute approximate surface area is 239 Å². The fraction of sp³-hybridized carbons (Fsp3) is 0.333. The molecule has 0 saturated heterocycles. The van der Waals surface area contributed by atoms with E-state index >= 15 is 0 Å². The molecule has 2 rings (SSSR count). The van der Waals surface area contributed by atoms with E-state index in [9.17, 15) is 49.1 Å². The van der Waals surface area contributed by atoms with Crippen molar-refractivity contribution in [2.24, 2.45) is 5.92 Å². The molecule has 0 aliphatic heterocycles. The Hall–Kier alpha value is -1.76. The number of halogens is 13. The van der Waals surface area contributed by atoms with E-state index < -0.39 is 61.2 Å². The van der Waals surface area contributed by atoms with Crippen molar-refractivity contribution >= 4 is 68.4 Å². The Morgan fingerprint density at radius 2 is 1.36 bits per heavy atom. The van der Waals surface area contributed by atoms with Gasteiger partial charge in [-0.3, -0.25) is 9.59 Å². The van der Waals surface area contributed by atoms with Gasteiger partial charge in [-0.2, -0.15) is 39.5 Å². The first-order valence-corrected chi connectivity index (χ1v) is 12.5. The summed E-state index contributed by atoms with van der Waals surface area (Å²) in [6.45, 7) is 0. The van der Waals surface area contributed by atoms with Crippen LogP contribution in [0.3, 0.4) is 0 Å². The lowest BCUT2D eigenvalue weighted by Crippen LogP contribution is -2.38. The summed E-state index contributed by atoms with van der Waals surface area (Å²) in [5.41, 5.74) is -0.160. The minimum Gasteiger partial charge on any atom is -0.300 e. The molecular weight excluding hydrogens is 678 g/mol. The highest BCUT2D eigenvalue weighted by atomic mass is 79.9. The number of alkyl halides is 9. The SMILES string of the molecule is O=C(CCC(=O)c1ccc(/C=C/C(c2cc(Cl)c(Cl)c(Cl)c2)C(F)(F)F)cc1Br)CC(C(F)(F)F)C(F)(F)F. The molecule has 0 aliphatic carbocycles. The molecule has 39 heavy (non-hydrogen) atoms. The molecule has 0 spiro atoms. The summed E-state index contributed by atoms with van der Waals surface area (Å²) >= 11 is 20.5. The van der Waals surface area contributed by atoms with E-state index in [0.29, 0.717) is 0 Å². The quantitative estimate of drug-likeness (QED) is 0.149. The van der Waals surface area contributed by atoms with Gasteiger partial charge in [-0.15, -0.1) is 0 Å². The lowest BCUT2D eigenvalue weighted by atomic mass is 9.96. The number of carbonyl (C=O) groups excluding carboxylic acids is 2. The smallest absolute Gasteiger partial charge is 0.300 e. The van der Waals surface area contributed by atoms with Crippen molar-refractivity contribution in [2.45, 2.75) is 43.7 Å². The van der Waals surface area contributed by atoms with E-state index in [-0.39, 0.29) is 36.2 Å². The number of rotatable bonds is 9. The molecule has 15 heteroatoms. The van der Waals surface area contributed by atoms with Crippen LogP contribution in [0, 0.1) is 5.92 Å². The van der Waals surface area contributed by atoms with Gasteiger partial charge in [-0.05, 0) is 35.4 Å². The summed E-state index contributed by atoms with van der Waals surface area (Å²) in [5, 5.41) is -0.477. The first kappa shape index (κ1) is 33.4. The predicted molar refractivity (Wildman–Crippen MR) is 132 cm³/mol. The highest BCUT2D eigenvalue weighted by molar-refractivity contribution is 9.10. The van der Waals surface area contributed by atoms with Crippen LogP contribution in [0.2, 0.25) is 15.1 Å². The second kappa shape index (κ2) is 12.8. The number of carbonyl (C=O) groups is 2. The molecule has 0 heterocycles. The van der Waals surface area contributed by atoms with Crippen LogP contribution in [0.4, 0.5) is 39.5 Å². The van der Waals surface area contributed by atoms with Gasteiger partial charge in [0.2, 0.25) is 0 Å². The van der Waals surface area contributed by atoms with Gasteiger partial charge in [0.25, 0.3) is 0 Å². The van der Waals surface area contributed by atoms with Crippen LogP contribution in [0.5, 0.6) is 0 Å². The van der Waals surface area contributed by atoms with E-state index in [2.05, 4.69) is 15.9 Å². The summed E-state index contributed by atoms with van der Waals surface area (Å²) in [5.74, 6) is -8.15. The van der Waals surface area contributed by atoms with Gasteiger partial charge in [0, 0.05) is 29.3 Å². The van der Waals surface area contributed by atoms with Gasteiger partial charge in [0.15, 0.2) is 11.7 Å². The fourth-order valence-electron chi connectivity index (χ4n) is 3.37. The van der Waals surface area contributed by atoms with Crippen molar-refractivity contribution in [3.63, 3.8) is 0 Å². The topological polar surface area (TPSA) is 34.1 Å². The molecule has 0 aromatic heterocycles. The van der Waals surface area contributed by atoms with Crippen molar-refractivity contribution in [3.8, 4) is 0 Å². The number of hydrogen-bond donors (Lipinski definition) is 0. The summed E-state index contributed by atoms with van der Waals surface area (Å²) < 4.78 is 117. The monoisotopic (exact) mass is 690 g/mol. The molecule has 0 aliphatic rings. The summed E-state index contributed by atoms with van der Waals surface area (Å²) in [6, 6.07) is 5.74. The van der Waals surface area contributed by atoms with Crippen LogP contribution in [-0.4, -0.2) is 30.1 Å². The first-order chi connectivity index (χ1) is 17.7. The van der Waals surface area contributed by atoms with Crippen molar-refractivity contribution in [1.82, 2.24) is 0 Å². The maximum Gasteiger partial charge on any atom is 0.400 e. The van der Waals surface area contributed by atoms with Crippen LogP contribution < -0.4 is 0 Å². The number of Topliss-reactive ketones (excluding diaryl/α,β-unsaturated/α-hetero) is 2. The average Bonchev–Trinajstić information content (AvgIpc) is 2.77. The Morgan fingerprint density at radius 1 is 0.821 bits per heavy atom. The Balaban J connectivity index is 2.16. The van der Waals surface area contributed by atoms with Crippen LogP contribution in [0.1, 0.15) is 46.7 Å². The third kappa shape index (κ3) is 9.40. The van der Waals surface area contributed by atoms with Crippen molar-refractivity contribution in [3.05, 3.63) is 72.6 Å². The lowest BCUT2D eigenvalue weighted by molar-refractivity contribution is -0.284. The van der Waals surface area contributed by atoms with Gasteiger partial charge in [-0.1, -0.05) is 69.0 Å². The zero-order valence-electron chi connectivity index (χ0n) is 19.0. The number of benzene rings is 2. The van der Waals surface area contributed by atoms with Crippen LogP contribution in [0.25, 0.3) is 6.08 Å².